The van der Waals surface area contributed by atoms with Crippen LogP contribution in [0.15, 0.2) is 18.2 Å². The van der Waals surface area contributed by atoms with Crippen LogP contribution in [0.2, 0.25) is 5.02 Å². The van der Waals surface area contributed by atoms with E-state index in [9.17, 15) is 4.79 Å². The van der Waals surface area contributed by atoms with Gasteiger partial charge in [0.25, 0.3) is 0 Å². The Morgan fingerprint density at radius 3 is 2.94 bits per heavy atom. The normalized spacial score (nSPS) is 19.5. The number of carbonyl (C=O) groups is 1. The van der Waals surface area contributed by atoms with Crippen molar-refractivity contribution in [2.24, 2.45) is 0 Å². The minimum Gasteiger partial charge on any atom is -0.378 e. The molecule has 92 valence electrons. The maximum Gasteiger partial charge on any atom is 0.163 e. The summed E-state index contributed by atoms with van der Waals surface area (Å²) in [5.74, 6) is 0.158. The third kappa shape index (κ3) is 3.55. The second kappa shape index (κ2) is 5.65. The summed E-state index contributed by atoms with van der Waals surface area (Å²) < 4.78 is 5.51. The van der Waals surface area contributed by atoms with Gasteiger partial charge in [0, 0.05) is 23.6 Å². The lowest BCUT2D eigenvalue weighted by atomic mass is 10.0. The second-order valence-corrected chi connectivity index (χ2v) is 5.05. The smallest absolute Gasteiger partial charge is 0.163 e. The molecule has 0 aliphatic carbocycles. The highest BCUT2D eigenvalue weighted by atomic mass is 35.5. The van der Waals surface area contributed by atoms with Crippen molar-refractivity contribution in [3.63, 3.8) is 0 Å². The van der Waals surface area contributed by atoms with Crippen molar-refractivity contribution in [2.75, 3.05) is 6.61 Å². The van der Waals surface area contributed by atoms with Crippen molar-refractivity contribution in [3.8, 4) is 0 Å². The monoisotopic (exact) mass is 252 g/mol. The minimum absolute atomic E-state index is 0.158. The van der Waals surface area contributed by atoms with Crippen molar-refractivity contribution in [2.45, 2.75) is 38.7 Å². The lowest BCUT2D eigenvalue weighted by Gasteiger charge is -2.08. The van der Waals surface area contributed by atoms with E-state index >= 15 is 0 Å². The molecule has 2 nitrogen and oxygen atoms in total. The van der Waals surface area contributed by atoms with Gasteiger partial charge in [-0.1, -0.05) is 11.6 Å². The molecule has 1 fully saturated rings. The van der Waals surface area contributed by atoms with Crippen LogP contribution >= 0.6 is 11.6 Å². The molecule has 1 aromatic carbocycles. The SMILES string of the molecule is Cc1cc(Cl)cc(C(=O)CCC2CCCO2)c1. The molecule has 0 aromatic heterocycles. The number of ketones is 1. The standard InChI is InChI=1S/C14H17ClO2/c1-10-7-11(9-12(15)8-10)14(16)5-4-13-3-2-6-17-13/h7-9,13H,2-6H2,1H3. The van der Waals surface area contributed by atoms with Crippen LogP contribution in [0.4, 0.5) is 0 Å². The van der Waals surface area contributed by atoms with Crippen molar-refractivity contribution in [1.82, 2.24) is 0 Å². The first kappa shape index (κ1) is 12.6. The molecular weight excluding hydrogens is 236 g/mol. The van der Waals surface area contributed by atoms with Crippen LogP contribution in [0.3, 0.4) is 0 Å². The van der Waals surface area contributed by atoms with Gasteiger partial charge in [0.05, 0.1) is 6.10 Å². The zero-order chi connectivity index (χ0) is 12.3. The van der Waals surface area contributed by atoms with Crippen molar-refractivity contribution < 1.29 is 9.53 Å². The first-order valence-electron chi connectivity index (χ1n) is 6.07. The van der Waals surface area contributed by atoms with E-state index in [0.29, 0.717) is 17.0 Å². The zero-order valence-electron chi connectivity index (χ0n) is 10.0. The van der Waals surface area contributed by atoms with Crippen LogP contribution < -0.4 is 0 Å². The van der Waals surface area contributed by atoms with Gasteiger partial charge in [0.2, 0.25) is 0 Å². The maximum atomic E-state index is 12.0. The molecule has 2 rings (SSSR count). The summed E-state index contributed by atoms with van der Waals surface area (Å²) in [7, 11) is 0. The quantitative estimate of drug-likeness (QED) is 0.762. The molecule has 0 spiro atoms. The number of ether oxygens (including phenoxy) is 1. The molecule has 1 heterocycles. The zero-order valence-corrected chi connectivity index (χ0v) is 10.8. The van der Waals surface area contributed by atoms with Crippen molar-refractivity contribution in [1.29, 1.82) is 0 Å². The third-order valence-corrected chi connectivity index (χ3v) is 3.30. The summed E-state index contributed by atoms with van der Waals surface area (Å²) in [6.45, 7) is 2.79. The van der Waals surface area contributed by atoms with Gasteiger partial charge < -0.3 is 4.74 Å². The molecular formula is C14H17ClO2. The van der Waals surface area contributed by atoms with E-state index in [4.69, 9.17) is 16.3 Å². The van der Waals surface area contributed by atoms with Gasteiger partial charge in [-0.05, 0) is 49.9 Å². The van der Waals surface area contributed by atoms with E-state index in [-0.39, 0.29) is 11.9 Å². The fourth-order valence-corrected chi connectivity index (χ4v) is 2.50. The van der Waals surface area contributed by atoms with Crippen LogP contribution in [0.1, 0.15) is 41.6 Å². The van der Waals surface area contributed by atoms with Gasteiger partial charge in [-0.25, -0.2) is 0 Å². The summed E-state index contributed by atoms with van der Waals surface area (Å²) in [6, 6.07) is 5.49. The lowest BCUT2D eigenvalue weighted by molar-refractivity contribution is 0.0859. The molecule has 1 atom stereocenters. The Morgan fingerprint density at radius 2 is 2.29 bits per heavy atom. The van der Waals surface area contributed by atoms with E-state index in [1.54, 1.807) is 6.07 Å². The first-order chi connectivity index (χ1) is 8.15. The van der Waals surface area contributed by atoms with Crippen LogP contribution in [-0.4, -0.2) is 18.5 Å². The Bertz CT molecular complexity index is 388. The van der Waals surface area contributed by atoms with E-state index in [1.807, 2.05) is 19.1 Å². The van der Waals surface area contributed by atoms with Crippen molar-refractivity contribution in [3.05, 3.63) is 34.3 Å². The molecule has 0 radical (unpaired) electrons. The summed E-state index contributed by atoms with van der Waals surface area (Å²) >= 11 is 5.94. The highest BCUT2D eigenvalue weighted by molar-refractivity contribution is 6.31. The fourth-order valence-electron chi connectivity index (χ4n) is 2.21. The molecule has 17 heavy (non-hydrogen) atoms. The Balaban J connectivity index is 1.94. The number of Topliss-reactive ketones (excluding diaryl/α,β-unsaturated/α-hetero) is 1. The Kier molecular flexibility index (Phi) is 4.19. The molecule has 1 aliphatic rings. The van der Waals surface area contributed by atoms with Gasteiger partial charge in [-0.2, -0.15) is 0 Å². The predicted molar refractivity (Wildman–Crippen MR) is 68.7 cm³/mol. The van der Waals surface area contributed by atoms with Gasteiger partial charge in [-0.3, -0.25) is 4.79 Å². The number of aryl methyl sites for hydroxylation is 1. The number of benzene rings is 1. The van der Waals surface area contributed by atoms with Crippen LogP contribution in [0.25, 0.3) is 0 Å². The van der Waals surface area contributed by atoms with E-state index < -0.39 is 0 Å². The molecule has 1 unspecified atom stereocenters. The van der Waals surface area contributed by atoms with Gasteiger partial charge in [0.1, 0.15) is 0 Å². The summed E-state index contributed by atoms with van der Waals surface area (Å²) in [5.41, 5.74) is 1.74. The van der Waals surface area contributed by atoms with Crippen LogP contribution in [-0.2, 0) is 4.74 Å². The average Bonchev–Trinajstić information content (AvgIpc) is 2.77. The van der Waals surface area contributed by atoms with Gasteiger partial charge in [0.15, 0.2) is 5.78 Å². The summed E-state index contributed by atoms with van der Waals surface area (Å²) in [4.78, 5) is 12.0. The maximum absolute atomic E-state index is 12.0. The number of halogens is 1. The topological polar surface area (TPSA) is 26.3 Å². The first-order valence-corrected chi connectivity index (χ1v) is 6.45. The Labute approximate surface area is 107 Å². The van der Waals surface area contributed by atoms with Crippen molar-refractivity contribution >= 4 is 17.4 Å². The Hall–Kier alpha value is -0.860. The summed E-state index contributed by atoms with van der Waals surface area (Å²) in [6.07, 6.45) is 3.85. The average molecular weight is 253 g/mol. The van der Waals surface area contributed by atoms with E-state index in [0.717, 1.165) is 31.4 Å². The molecule has 0 N–H and O–H groups in total. The summed E-state index contributed by atoms with van der Waals surface area (Å²) in [5, 5.41) is 0.630. The van der Waals surface area contributed by atoms with E-state index in [1.165, 1.54) is 0 Å². The molecule has 0 bridgehead atoms. The lowest BCUT2D eigenvalue weighted by Crippen LogP contribution is -2.09. The van der Waals surface area contributed by atoms with Crippen LogP contribution in [0, 0.1) is 6.92 Å². The highest BCUT2D eigenvalue weighted by Gasteiger charge is 2.17. The fraction of sp³-hybridized carbons (Fsp3) is 0.500. The largest absolute Gasteiger partial charge is 0.378 e. The van der Waals surface area contributed by atoms with Gasteiger partial charge >= 0.3 is 0 Å². The van der Waals surface area contributed by atoms with Gasteiger partial charge in [-0.15, -0.1) is 0 Å². The molecule has 0 saturated carbocycles. The second-order valence-electron chi connectivity index (χ2n) is 4.61. The molecule has 0 amide bonds. The number of hydrogen-bond donors (Lipinski definition) is 0. The minimum atomic E-state index is 0.158. The predicted octanol–water partition coefficient (Wildman–Crippen LogP) is 3.79. The molecule has 1 saturated heterocycles. The Morgan fingerprint density at radius 1 is 1.47 bits per heavy atom. The number of rotatable bonds is 4. The number of hydrogen-bond acceptors (Lipinski definition) is 2. The molecule has 1 aromatic rings. The number of carbonyl (C=O) groups excluding carboxylic acids is 1. The van der Waals surface area contributed by atoms with Crippen LogP contribution in [0.5, 0.6) is 0 Å². The molecule has 3 heteroatoms. The van der Waals surface area contributed by atoms with E-state index in [2.05, 4.69) is 0 Å². The third-order valence-electron chi connectivity index (χ3n) is 3.08. The highest BCUT2D eigenvalue weighted by Crippen LogP contribution is 2.20. The molecule has 1 aliphatic heterocycles.